The maximum absolute atomic E-state index is 10.8. The van der Waals surface area contributed by atoms with E-state index in [-0.39, 0.29) is 6.10 Å². The molecule has 0 saturated heterocycles. The maximum Gasteiger partial charge on any atom is 0.311 e. The number of hydrogen-bond donors (Lipinski definition) is 2. The molecule has 0 spiro atoms. The van der Waals surface area contributed by atoms with E-state index in [4.69, 9.17) is 9.84 Å². The molecule has 0 radical (unpaired) electrons. The zero-order chi connectivity index (χ0) is 11.5. The predicted molar refractivity (Wildman–Crippen MR) is 57.8 cm³/mol. The van der Waals surface area contributed by atoms with Crippen LogP contribution >= 0.6 is 0 Å². The Hall–Kier alpha value is -0.610. The second-order valence-electron chi connectivity index (χ2n) is 5.02. The van der Waals surface area contributed by atoms with Gasteiger partial charge in [0.1, 0.15) is 0 Å². The van der Waals surface area contributed by atoms with Crippen LogP contribution in [-0.2, 0) is 9.53 Å². The Balaban J connectivity index is 2.15. The number of carbonyl (C=O) groups is 1. The number of aliphatic carboxylic acids is 1. The highest BCUT2D eigenvalue weighted by Crippen LogP contribution is 2.31. The van der Waals surface area contributed by atoms with Crippen LogP contribution in [0.4, 0.5) is 0 Å². The van der Waals surface area contributed by atoms with Crippen molar-refractivity contribution in [1.82, 2.24) is 5.32 Å². The highest BCUT2D eigenvalue weighted by molar-refractivity contribution is 5.73. The monoisotopic (exact) mass is 215 g/mol. The lowest BCUT2D eigenvalue weighted by Crippen LogP contribution is -2.40. The molecule has 0 aliphatic heterocycles. The van der Waals surface area contributed by atoms with Crippen LogP contribution in [0.15, 0.2) is 0 Å². The molecule has 0 amide bonds. The Morgan fingerprint density at radius 1 is 1.53 bits per heavy atom. The van der Waals surface area contributed by atoms with Gasteiger partial charge in [0.15, 0.2) is 0 Å². The maximum atomic E-state index is 10.8. The fourth-order valence-corrected chi connectivity index (χ4v) is 1.65. The van der Waals surface area contributed by atoms with Crippen LogP contribution in [0.1, 0.15) is 26.7 Å². The summed E-state index contributed by atoms with van der Waals surface area (Å²) in [6, 6.07) is 0. The van der Waals surface area contributed by atoms with Crippen molar-refractivity contribution in [1.29, 1.82) is 0 Å². The van der Waals surface area contributed by atoms with Gasteiger partial charge in [-0.3, -0.25) is 4.79 Å². The topological polar surface area (TPSA) is 58.6 Å². The van der Waals surface area contributed by atoms with Crippen LogP contribution in [-0.4, -0.2) is 37.4 Å². The van der Waals surface area contributed by atoms with E-state index in [0.717, 1.165) is 19.4 Å². The van der Waals surface area contributed by atoms with E-state index in [1.807, 2.05) is 7.05 Å². The molecule has 88 valence electrons. The van der Waals surface area contributed by atoms with Crippen LogP contribution in [0.3, 0.4) is 0 Å². The largest absolute Gasteiger partial charge is 0.481 e. The summed E-state index contributed by atoms with van der Waals surface area (Å²) in [5.41, 5.74) is -0.770. The molecule has 0 aromatic carbocycles. The first-order valence-corrected chi connectivity index (χ1v) is 5.45. The number of hydrogen-bond acceptors (Lipinski definition) is 3. The lowest BCUT2D eigenvalue weighted by Gasteiger charge is -2.36. The summed E-state index contributed by atoms with van der Waals surface area (Å²) in [4.78, 5) is 10.8. The van der Waals surface area contributed by atoms with Crippen LogP contribution in [0.25, 0.3) is 0 Å². The average molecular weight is 215 g/mol. The molecule has 0 aromatic rings. The van der Waals surface area contributed by atoms with E-state index >= 15 is 0 Å². The van der Waals surface area contributed by atoms with E-state index in [2.05, 4.69) is 5.32 Å². The second kappa shape index (κ2) is 4.94. The second-order valence-corrected chi connectivity index (χ2v) is 5.02. The molecule has 1 aliphatic carbocycles. The molecule has 0 unspecified atom stereocenters. The summed E-state index contributed by atoms with van der Waals surface area (Å²) in [5, 5.41) is 12.0. The zero-order valence-electron chi connectivity index (χ0n) is 9.75. The lowest BCUT2D eigenvalue weighted by molar-refractivity contribution is -0.153. The molecule has 1 fully saturated rings. The molecule has 2 N–H and O–H groups in total. The first-order valence-electron chi connectivity index (χ1n) is 5.45. The fraction of sp³-hybridized carbons (Fsp3) is 0.909. The van der Waals surface area contributed by atoms with Gasteiger partial charge in [-0.15, -0.1) is 0 Å². The minimum Gasteiger partial charge on any atom is -0.481 e. The number of ether oxygens (including phenoxy) is 1. The van der Waals surface area contributed by atoms with Gasteiger partial charge in [-0.05, 0) is 46.2 Å². The molecular weight excluding hydrogens is 194 g/mol. The van der Waals surface area contributed by atoms with Gasteiger partial charge in [-0.1, -0.05) is 0 Å². The summed E-state index contributed by atoms with van der Waals surface area (Å²) in [6.07, 6.45) is 2.37. The molecule has 4 heteroatoms. The van der Waals surface area contributed by atoms with Crippen LogP contribution < -0.4 is 5.32 Å². The summed E-state index contributed by atoms with van der Waals surface area (Å²) in [7, 11) is 1.95. The van der Waals surface area contributed by atoms with Crippen molar-refractivity contribution in [2.45, 2.75) is 32.8 Å². The summed E-state index contributed by atoms with van der Waals surface area (Å²) < 4.78 is 5.57. The Labute approximate surface area is 91.0 Å². The third kappa shape index (κ3) is 3.47. The normalized spacial score (nSPS) is 26.1. The molecule has 4 nitrogen and oxygen atoms in total. The third-order valence-corrected chi connectivity index (χ3v) is 2.94. The van der Waals surface area contributed by atoms with Gasteiger partial charge in [0.2, 0.25) is 0 Å². The van der Waals surface area contributed by atoms with Gasteiger partial charge in [0, 0.05) is 0 Å². The van der Waals surface area contributed by atoms with Crippen molar-refractivity contribution in [3.63, 3.8) is 0 Å². The van der Waals surface area contributed by atoms with Crippen LogP contribution in [0.2, 0.25) is 0 Å². The van der Waals surface area contributed by atoms with Crippen molar-refractivity contribution in [3.8, 4) is 0 Å². The molecule has 1 aliphatic rings. The quantitative estimate of drug-likeness (QED) is 0.697. The van der Waals surface area contributed by atoms with Crippen molar-refractivity contribution in [2.24, 2.45) is 11.3 Å². The number of rotatable bonds is 6. The fourth-order valence-electron chi connectivity index (χ4n) is 1.65. The van der Waals surface area contributed by atoms with Gasteiger partial charge in [0.25, 0.3) is 0 Å². The van der Waals surface area contributed by atoms with E-state index < -0.39 is 11.4 Å². The van der Waals surface area contributed by atoms with E-state index in [1.54, 1.807) is 13.8 Å². The molecule has 1 saturated carbocycles. The van der Waals surface area contributed by atoms with Crippen LogP contribution in [0.5, 0.6) is 0 Å². The molecule has 0 atom stereocenters. The number of nitrogens with one attached hydrogen (secondary N) is 1. The lowest BCUT2D eigenvalue weighted by atomic mass is 9.82. The molecular formula is C11H21NO3. The van der Waals surface area contributed by atoms with Crippen LogP contribution in [0, 0.1) is 11.3 Å². The Morgan fingerprint density at radius 2 is 2.13 bits per heavy atom. The summed E-state index contributed by atoms with van der Waals surface area (Å²) in [5.74, 6) is -0.0958. The Bertz CT molecular complexity index is 222. The van der Waals surface area contributed by atoms with E-state index in [9.17, 15) is 4.79 Å². The first-order chi connectivity index (χ1) is 6.95. The minimum atomic E-state index is -0.798. The van der Waals surface area contributed by atoms with Crippen molar-refractivity contribution < 1.29 is 14.6 Å². The van der Waals surface area contributed by atoms with Gasteiger partial charge >= 0.3 is 5.97 Å². The molecule has 0 aromatic heterocycles. The Morgan fingerprint density at radius 3 is 2.60 bits per heavy atom. The zero-order valence-corrected chi connectivity index (χ0v) is 9.75. The van der Waals surface area contributed by atoms with Gasteiger partial charge in [0.05, 0.1) is 18.1 Å². The first kappa shape index (κ1) is 12.5. The Kier molecular flexibility index (Phi) is 4.11. The predicted octanol–water partition coefficient (Wildman–Crippen LogP) is 1.11. The highest BCUT2D eigenvalue weighted by atomic mass is 16.5. The number of carboxylic acids is 1. The number of carboxylic acid groups (broad SMARTS) is 1. The smallest absolute Gasteiger partial charge is 0.311 e. The van der Waals surface area contributed by atoms with Crippen molar-refractivity contribution >= 4 is 5.97 Å². The average Bonchev–Trinajstić information content (AvgIpc) is 2.08. The van der Waals surface area contributed by atoms with Gasteiger partial charge < -0.3 is 15.2 Å². The van der Waals surface area contributed by atoms with E-state index in [1.165, 1.54) is 0 Å². The van der Waals surface area contributed by atoms with Crippen molar-refractivity contribution in [2.75, 3.05) is 20.2 Å². The molecule has 0 heterocycles. The third-order valence-electron chi connectivity index (χ3n) is 2.94. The molecule has 1 rings (SSSR count). The van der Waals surface area contributed by atoms with Gasteiger partial charge in [-0.25, -0.2) is 0 Å². The summed E-state index contributed by atoms with van der Waals surface area (Å²) >= 11 is 0. The molecule has 15 heavy (non-hydrogen) atoms. The standard InChI is InChI=1S/C11H21NO3/c1-11(2,10(13)14)7-15-9-4-8(5-9)6-12-3/h8-9,12H,4-7H2,1-3H3,(H,13,14). The van der Waals surface area contributed by atoms with Gasteiger partial charge in [-0.2, -0.15) is 0 Å². The van der Waals surface area contributed by atoms with Crippen molar-refractivity contribution in [3.05, 3.63) is 0 Å². The molecule has 0 bridgehead atoms. The van der Waals surface area contributed by atoms with E-state index in [0.29, 0.717) is 12.5 Å². The minimum absolute atomic E-state index is 0.266. The highest BCUT2D eigenvalue weighted by Gasteiger charge is 2.33. The summed E-state index contributed by atoms with van der Waals surface area (Å²) in [6.45, 7) is 4.72. The SMILES string of the molecule is CNCC1CC(OCC(C)(C)C(=O)O)C1.